The molecule has 0 unspecified atom stereocenters. The van der Waals surface area contributed by atoms with E-state index in [4.69, 9.17) is 4.74 Å². The quantitative estimate of drug-likeness (QED) is 0.320. The molecule has 0 radical (unpaired) electrons. The average molecular weight is 552 g/mol. The van der Waals surface area contributed by atoms with Gasteiger partial charge in [0.2, 0.25) is 0 Å². The summed E-state index contributed by atoms with van der Waals surface area (Å²) in [5.74, 6) is 0.888. The van der Waals surface area contributed by atoms with Crippen molar-refractivity contribution in [1.82, 2.24) is 14.0 Å². The van der Waals surface area contributed by atoms with Gasteiger partial charge in [0.25, 0.3) is 5.56 Å². The lowest BCUT2D eigenvalue weighted by molar-refractivity contribution is 0.244. The van der Waals surface area contributed by atoms with Crippen LogP contribution in [-0.2, 0) is 13.1 Å². The fourth-order valence-electron chi connectivity index (χ4n) is 5.00. The fraction of sp³-hybridized carbons (Fsp3) is 0.500. The molecule has 1 fully saturated rings. The van der Waals surface area contributed by atoms with Crippen LogP contribution < -0.4 is 20.9 Å². The van der Waals surface area contributed by atoms with Crippen molar-refractivity contribution >= 4 is 41.4 Å². The summed E-state index contributed by atoms with van der Waals surface area (Å²) in [6, 6.07) is 15.6. The van der Waals surface area contributed by atoms with E-state index >= 15 is 0 Å². The number of hydrogen-bond donors (Lipinski definition) is 0. The molecular formula is C28H40Cl2N4O3. The minimum Gasteiger partial charge on any atom is -0.495 e. The average Bonchev–Trinajstić information content (AvgIpc) is 2.90. The van der Waals surface area contributed by atoms with Crippen LogP contribution in [0.3, 0.4) is 0 Å². The van der Waals surface area contributed by atoms with Crippen molar-refractivity contribution in [2.75, 3.05) is 44.7 Å². The van der Waals surface area contributed by atoms with Crippen molar-refractivity contribution in [3.05, 3.63) is 69.4 Å². The highest BCUT2D eigenvalue weighted by Gasteiger charge is 2.20. The number of fused-ring (bicyclic) bond motifs is 1. The molecule has 0 atom stereocenters. The Labute approximate surface area is 231 Å². The Morgan fingerprint density at radius 3 is 2.16 bits per heavy atom. The Hall–Kier alpha value is -2.48. The van der Waals surface area contributed by atoms with E-state index in [1.165, 1.54) is 23.8 Å². The van der Waals surface area contributed by atoms with E-state index in [-0.39, 0.29) is 36.1 Å². The van der Waals surface area contributed by atoms with E-state index in [0.717, 1.165) is 56.0 Å². The second-order valence-corrected chi connectivity index (χ2v) is 9.32. The number of aryl methyl sites for hydroxylation is 1. The fourth-order valence-corrected chi connectivity index (χ4v) is 5.00. The molecule has 0 saturated carbocycles. The van der Waals surface area contributed by atoms with Gasteiger partial charge in [-0.2, -0.15) is 0 Å². The van der Waals surface area contributed by atoms with Crippen LogP contribution in [0.15, 0.2) is 58.1 Å². The maximum absolute atomic E-state index is 13.4. The van der Waals surface area contributed by atoms with Gasteiger partial charge in [0.15, 0.2) is 0 Å². The van der Waals surface area contributed by atoms with Crippen LogP contribution in [0.5, 0.6) is 5.75 Å². The number of anilines is 1. The van der Waals surface area contributed by atoms with Gasteiger partial charge in [-0.25, -0.2) is 4.79 Å². The van der Waals surface area contributed by atoms with Gasteiger partial charge >= 0.3 is 5.69 Å². The Bertz CT molecular complexity index is 1240. The molecular weight excluding hydrogens is 511 g/mol. The number of rotatable bonds is 11. The lowest BCUT2D eigenvalue weighted by atomic mass is 10.1. The Balaban J connectivity index is 0.00000241. The smallest absolute Gasteiger partial charge is 0.331 e. The van der Waals surface area contributed by atoms with E-state index in [2.05, 4.69) is 22.8 Å². The van der Waals surface area contributed by atoms with Crippen LogP contribution in [0.4, 0.5) is 5.69 Å². The van der Waals surface area contributed by atoms with Crippen molar-refractivity contribution in [3.63, 3.8) is 0 Å². The first-order chi connectivity index (χ1) is 17.1. The molecule has 0 aliphatic carbocycles. The molecule has 3 aromatic rings. The molecule has 1 aliphatic rings. The lowest BCUT2D eigenvalue weighted by Crippen LogP contribution is -2.49. The summed E-state index contributed by atoms with van der Waals surface area (Å²) in [6.07, 6.45) is 5.65. The molecule has 0 bridgehead atoms. The molecule has 4 rings (SSSR count). The first-order valence-corrected chi connectivity index (χ1v) is 13.0. The third-order valence-corrected chi connectivity index (χ3v) is 7.06. The van der Waals surface area contributed by atoms with Crippen LogP contribution in [-0.4, -0.2) is 53.9 Å². The number of ether oxygens (including phenoxy) is 1. The summed E-state index contributed by atoms with van der Waals surface area (Å²) in [6.45, 7) is 7.48. The van der Waals surface area contributed by atoms with Crippen LogP contribution in [0.25, 0.3) is 10.9 Å². The predicted molar refractivity (Wildman–Crippen MR) is 157 cm³/mol. The van der Waals surface area contributed by atoms with Crippen molar-refractivity contribution < 1.29 is 4.74 Å². The summed E-state index contributed by atoms with van der Waals surface area (Å²) in [5.41, 5.74) is 1.50. The number of halogens is 2. The molecule has 9 heteroatoms. The van der Waals surface area contributed by atoms with Gasteiger partial charge in [-0.05, 0) is 30.7 Å². The first kappa shape index (κ1) is 30.7. The van der Waals surface area contributed by atoms with Crippen molar-refractivity contribution in [1.29, 1.82) is 0 Å². The van der Waals surface area contributed by atoms with E-state index in [1.54, 1.807) is 7.11 Å². The maximum Gasteiger partial charge on any atom is 0.331 e. The van der Waals surface area contributed by atoms with E-state index < -0.39 is 0 Å². The highest BCUT2D eigenvalue weighted by Crippen LogP contribution is 2.28. The van der Waals surface area contributed by atoms with Gasteiger partial charge in [-0.1, -0.05) is 56.9 Å². The monoisotopic (exact) mass is 550 g/mol. The Kier molecular flexibility index (Phi) is 12.5. The molecule has 0 N–H and O–H groups in total. The summed E-state index contributed by atoms with van der Waals surface area (Å²) in [7, 11) is 1.70. The lowest BCUT2D eigenvalue weighted by Gasteiger charge is -2.36. The number of benzene rings is 2. The van der Waals surface area contributed by atoms with E-state index in [9.17, 15) is 9.59 Å². The molecule has 1 aromatic heterocycles. The molecule has 7 nitrogen and oxygen atoms in total. The highest BCUT2D eigenvalue weighted by atomic mass is 35.5. The molecule has 0 amide bonds. The maximum atomic E-state index is 13.4. The molecule has 204 valence electrons. The number of aromatic nitrogens is 2. The van der Waals surface area contributed by atoms with Gasteiger partial charge in [-0.15, -0.1) is 24.8 Å². The van der Waals surface area contributed by atoms with Crippen LogP contribution in [0.1, 0.15) is 39.0 Å². The Morgan fingerprint density at radius 2 is 1.43 bits per heavy atom. The second-order valence-electron chi connectivity index (χ2n) is 9.32. The zero-order valence-corrected chi connectivity index (χ0v) is 23.6. The number of methoxy groups -OCH3 is 1. The van der Waals surface area contributed by atoms with Crippen molar-refractivity contribution in [3.8, 4) is 5.75 Å². The van der Waals surface area contributed by atoms with Crippen molar-refractivity contribution in [2.24, 2.45) is 0 Å². The summed E-state index contributed by atoms with van der Waals surface area (Å²) in [4.78, 5) is 31.3. The number of nitrogens with zero attached hydrogens (tertiary/aromatic N) is 4. The number of unbranched alkanes of at least 4 members (excludes halogenated alkanes) is 4. The molecule has 0 spiro atoms. The third kappa shape index (κ3) is 7.30. The van der Waals surface area contributed by atoms with E-state index in [1.807, 2.05) is 47.0 Å². The number of piperazine rings is 1. The number of para-hydroxylation sites is 3. The zero-order valence-electron chi connectivity index (χ0n) is 21.9. The third-order valence-electron chi connectivity index (χ3n) is 7.06. The molecule has 37 heavy (non-hydrogen) atoms. The predicted octanol–water partition coefficient (Wildman–Crippen LogP) is 4.81. The zero-order chi connectivity index (χ0) is 24.6. The van der Waals surface area contributed by atoms with Crippen molar-refractivity contribution in [2.45, 2.75) is 52.1 Å². The van der Waals surface area contributed by atoms with Gasteiger partial charge in [-0.3, -0.25) is 18.8 Å². The minimum atomic E-state index is -0.183. The Morgan fingerprint density at radius 1 is 0.757 bits per heavy atom. The minimum absolute atomic E-state index is 0. The second kappa shape index (κ2) is 15.1. The van der Waals surface area contributed by atoms with E-state index in [0.29, 0.717) is 25.0 Å². The highest BCUT2D eigenvalue weighted by molar-refractivity contribution is 5.85. The first-order valence-electron chi connectivity index (χ1n) is 13.0. The molecule has 2 heterocycles. The van der Waals surface area contributed by atoms with Gasteiger partial charge in [0, 0.05) is 45.8 Å². The van der Waals surface area contributed by atoms with Crippen LogP contribution in [0.2, 0.25) is 0 Å². The molecule has 2 aromatic carbocycles. The topological polar surface area (TPSA) is 59.7 Å². The summed E-state index contributed by atoms with van der Waals surface area (Å²) in [5, 5.41) is 0.627. The normalized spacial score (nSPS) is 13.7. The standard InChI is InChI=1S/C28H38N4O3.2ClH/c1-3-4-5-6-11-16-31-24-13-8-7-12-23(24)27(33)32(28(31)34)22-19-29-17-20-30(21-18-29)25-14-9-10-15-26(25)35-2;;/h7-10,12-15H,3-6,11,16-22H2,1-2H3;2*1H. The van der Waals surface area contributed by atoms with Gasteiger partial charge in [0.05, 0.1) is 23.7 Å². The number of hydrogen-bond acceptors (Lipinski definition) is 5. The summed E-state index contributed by atoms with van der Waals surface area (Å²) >= 11 is 0. The van der Waals surface area contributed by atoms with Crippen LogP contribution >= 0.6 is 24.8 Å². The van der Waals surface area contributed by atoms with Gasteiger partial charge < -0.3 is 9.64 Å². The van der Waals surface area contributed by atoms with Gasteiger partial charge in [0.1, 0.15) is 5.75 Å². The van der Waals surface area contributed by atoms with Crippen LogP contribution in [0, 0.1) is 0 Å². The molecule has 1 saturated heterocycles. The largest absolute Gasteiger partial charge is 0.495 e. The molecule has 1 aliphatic heterocycles. The summed E-state index contributed by atoms with van der Waals surface area (Å²) < 4.78 is 8.77. The SMILES string of the molecule is CCCCCCCn1c(=O)n(CCN2CCN(c3ccccc3OC)CC2)c(=O)c2ccccc21.Cl.Cl.